The van der Waals surface area contributed by atoms with E-state index in [0.717, 1.165) is 5.56 Å². The van der Waals surface area contributed by atoms with Crippen LogP contribution < -0.4 is 4.90 Å². The van der Waals surface area contributed by atoms with Crippen molar-refractivity contribution in [2.24, 2.45) is 0 Å². The standard InChI is InChI=1S/C18H15FN4O2/c1-9-2-5-13(14(24)6-9)23-8-15(25)16(17(23)20)18-21-11-4-3-10(19)7-12(11)22-18/h2-7,20,24-25H,8H2,1H3,(H,21,22). The van der Waals surface area contributed by atoms with E-state index in [4.69, 9.17) is 5.41 Å². The number of benzene rings is 2. The predicted molar refractivity (Wildman–Crippen MR) is 93.5 cm³/mol. The summed E-state index contributed by atoms with van der Waals surface area (Å²) in [4.78, 5) is 8.76. The zero-order valence-corrected chi connectivity index (χ0v) is 13.3. The summed E-state index contributed by atoms with van der Waals surface area (Å²) in [5.41, 5.74) is 2.58. The first-order chi connectivity index (χ1) is 11.9. The van der Waals surface area contributed by atoms with Gasteiger partial charge in [-0.2, -0.15) is 0 Å². The molecule has 0 unspecified atom stereocenters. The summed E-state index contributed by atoms with van der Waals surface area (Å²) < 4.78 is 13.3. The number of aromatic nitrogens is 2. The summed E-state index contributed by atoms with van der Waals surface area (Å²) in [6.07, 6.45) is 0. The summed E-state index contributed by atoms with van der Waals surface area (Å²) >= 11 is 0. The first-order valence-electron chi connectivity index (χ1n) is 7.68. The van der Waals surface area contributed by atoms with Gasteiger partial charge in [0.2, 0.25) is 0 Å². The number of aryl methyl sites for hydroxylation is 1. The van der Waals surface area contributed by atoms with E-state index < -0.39 is 5.82 Å². The van der Waals surface area contributed by atoms with Gasteiger partial charge in [-0.05, 0) is 42.8 Å². The normalized spacial score (nSPS) is 14.8. The Morgan fingerprint density at radius 1 is 1.20 bits per heavy atom. The largest absolute Gasteiger partial charge is 0.509 e. The van der Waals surface area contributed by atoms with E-state index in [0.29, 0.717) is 16.7 Å². The number of phenolic OH excluding ortho intramolecular Hbond substituents is 1. The maximum Gasteiger partial charge on any atom is 0.145 e. The van der Waals surface area contributed by atoms with E-state index in [9.17, 15) is 14.6 Å². The molecule has 0 saturated heterocycles. The van der Waals surface area contributed by atoms with Gasteiger partial charge in [0.15, 0.2) is 0 Å². The Bertz CT molecular complexity index is 1050. The number of halogens is 1. The summed E-state index contributed by atoms with van der Waals surface area (Å²) in [5.74, 6) is -0.100. The molecular weight excluding hydrogens is 323 g/mol. The minimum absolute atomic E-state index is 0.0104. The van der Waals surface area contributed by atoms with Crippen LogP contribution >= 0.6 is 0 Å². The topological polar surface area (TPSA) is 96.2 Å². The lowest BCUT2D eigenvalue weighted by molar-refractivity contribution is 0.410. The van der Waals surface area contributed by atoms with E-state index in [2.05, 4.69) is 9.97 Å². The molecule has 0 saturated carbocycles. The zero-order chi connectivity index (χ0) is 17.7. The lowest BCUT2D eigenvalue weighted by atomic mass is 10.2. The fourth-order valence-electron chi connectivity index (χ4n) is 3.00. The molecule has 1 aliphatic rings. The number of aliphatic hydroxyl groups excluding tert-OH is 1. The van der Waals surface area contributed by atoms with Gasteiger partial charge in [0.1, 0.15) is 29.0 Å². The minimum atomic E-state index is -0.395. The summed E-state index contributed by atoms with van der Waals surface area (Å²) in [5, 5.41) is 28.9. The van der Waals surface area contributed by atoms with Gasteiger partial charge >= 0.3 is 0 Å². The van der Waals surface area contributed by atoms with Crippen molar-refractivity contribution in [3.8, 4) is 5.75 Å². The van der Waals surface area contributed by atoms with Crippen LogP contribution in [0.3, 0.4) is 0 Å². The van der Waals surface area contributed by atoms with Gasteiger partial charge in [0.25, 0.3) is 0 Å². The Hall–Kier alpha value is -3.35. The summed E-state index contributed by atoms with van der Waals surface area (Å²) in [6.45, 7) is 1.91. The molecule has 0 spiro atoms. The average molecular weight is 338 g/mol. The van der Waals surface area contributed by atoms with E-state index in [1.54, 1.807) is 12.1 Å². The Labute approximate surface area is 142 Å². The number of amidine groups is 1. The number of nitrogens with zero attached hydrogens (tertiary/aromatic N) is 2. The SMILES string of the molecule is Cc1ccc(N2CC(O)=C(c3nc4ccc(F)cc4[nH]3)C2=N)c(O)c1. The van der Waals surface area contributed by atoms with Crippen LogP contribution in [-0.2, 0) is 0 Å². The van der Waals surface area contributed by atoms with Gasteiger partial charge in [-0.15, -0.1) is 0 Å². The number of H-pyrrole nitrogens is 1. The van der Waals surface area contributed by atoms with Gasteiger partial charge in [-0.1, -0.05) is 6.07 Å². The Morgan fingerprint density at radius 2 is 2.00 bits per heavy atom. The molecule has 6 nitrogen and oxygen atoms in total. The highest BCUT2D eigenvalue weighted by atomic mass is 19.1. The van der Waals surface area contributed by atoms with Crippen molar-refractivity contribution in [1.82, 2.24) is 9.97 Å². The highest BCUT2D eigenvalue weighted by Gasteiger charge is 2.32. The van der Waals surface area contributed by atoms with Crippen LogP contribution in [0.1, 0.15) is 11.4 Å². The number of nitrogens with one attached hydrogen (secondary N) is 2. The van der Waals surface area contributed by atoms with Crippen molar-refractivity contribution < 1.29 is 14.6 Å². The lowest BCUT2D eigenvalue weighted by Gasteiger charge is -2.20. The number of anilines is 1. The maximum absolute atomic E-state index is 13.3. The maximum atomic E-state index is 13.3. The number of hydrogen-bond acceptors (Lipinski definition) is 4. The molecule has 2 heterocycles. The molecule has 0 bridgehead atoms. The molecule has 1 aliphatic heterocycles. The molecule has 25 heavy (non-hydrogen) atoms. The molecule has 126 valence electrons. The Kier molecular flexibility index (Phi) is 3.24. The lowest BCUT2D eigenvalue weighted by Crippen LogP contribution is -2.26. The fourth-order valence-corrected chi connectivity index (χ4v) is 3.00. The van der Waals surface area contributed by atoms with Gasteiger partial charge in [-0.3, -0.25) is 5.41 Å². The molecule has 2 aromatic carbocycles. The third-order valence-corrected chi connectivity index (χ3v) is 4.21. The molecule has 4 rings (SSSR count). The Balaban J connectivity index is 1.75. The highest BCUT2D eigenvalue weighted by Crippen LogP contribution is 2.35. The molecule has 4 N–H and O–H groups in total. The minimum Gasteiger partial charge on any atom is -0.509 e. The van der Waals surface area contributed by atoms with Crippen LogP contribution in [-0.4, -0.2) is 32.6 Å². The molecule has 0 fully saturated rings. The average Bonchev–Trinajstić information content (AvgIpc) is 3.07. The number of hydrogen-bond donors (Lipinski definition) is 4. The van der Waals surface area contributed by atoms with E-state index in [-0.39, 0.29) is 35.3 Å². The molecule has 0 amide bonds. The van der Waals surface area contributed by atoms with Crippen molar-refractivity contribution in [1.29, 1.82) is 5.41 Å². The smallest absolute Gasteiger partial charge is 0.145 e. The number of fused-ring (bicyclic) bond motifs is 1. The number of imidazole rings is 1. The van der Waals surface area contributed by atoms with Crippen molar-refractivity contribution in [2.75, 3.05) is 11.4 Å². The van der Waals surface area contributed by atoms with Crippen LogP contribution in [0.5, 0.6) is 5.75 Å². The molecule has 0 radical (unpaired) electrons. The molecule has 0 atom stereocenters. The Morgan fingerprint density at radius 3 is 2.76 bits per heavy atom. The van der Waals surface area contributed by atoms with Gasteiger partial charge < -0.3 is 20.1 Å². The van der Waals surface area contributed by atoms with Crippen molar-refractivity contribution in [3.05, 3.63) is 59.4 Å². The third-order valence-electron chi connectivity index (χ3n) is 4.21. The number of aliphatic hydroxyl groups is 1. The molecule has 3 aromatic rings. The second-order valence-electron chi connectivity index (χ2n) is 6.00. The van der Waals surface area contributed by atoms with E-state index >= 15 is 0 Å². The molecule has 0 aliphatic carbocycles. The molecular formula is C18H15FN4O2. The van der Waals surface area contributed by atoms with E-state index in [1.165, 1.54) is 23.1 Å². The fraction of sp³-hybridized carbons (Fsp3) is 0.111. The van der Waals surface area contributed by atoms with Gasteiger partial charge in [0.05, 0.1) is 28.8 Å². The second-order valence-corrected chi connectivity index (χ2v) is 6.00. The predicted octanol–water partition coefficient (Wildman–Crippen LogP) is 3.48. The quantitative estimate of drug-likeness (QED) is 0.575. The monoisotopic (exact) mass is 338 g/mol. The number of aromatic hydroxyl groups is 1. The van der Waals surface area contributed by atoms with Crippen molar-refractivity contribution in [3.63, 3.8) is 0 Å². The van der Waals surface area contributed by atoms with Crippen LogP contribution in [0.2, 0.25) is 0 Å². The number of phenols is 1. The zero-order valence-electron chi connectivity index (χ0n) is 13.3. The first-order valence-corrected chi connectivity index (χ1v) is 7.68. The van der Waals surface area contributed by atoms with Crippen molar-refractivity contribution >= 4 is 28.1 Å². The third kappa shape index (κ3) is 2.40. The first kappa shape index (κ1) is 15.2. The molecule has 7 heteroatoms. The van der Waals surface area contributed by atoms with E-state index in [1.807, 2.05) is 13.0 Å². The second kappa shape index (κ2) is 5.34. The van der Waals surface area contributed by atoms with Crippen molar-refractivity contribution in [2.45, 2.75) is 6.92 Å². The summed E-state index contributed by atoms with van der Waals surface area (Å²) in [6, 6.07) is 9.26. The van der Waals surface area contributed by atoms with Crippen LogP contribution in [0, 0.1) is 18.2 Å². The van der Waals surface area contributed by atoms with Crippen LogP contribution in [0.4, 0.5) is 10.1 Å². The summed E-state index contributed by atoms with van der Waals surface area (Å²) in [7, 11) is 0. The van der Waals surface area contributed by atoms with Crippen LogP contribution in [0.15, 0.2) is 42.2 Å². The van der Waals surface area contributed by atoms with Gasteiger partial charge in [-0.25, -0.2) is 9.37 Å². The molecule has 1 aromatic heterocycles. The van der Waals surface area contributed by atoms with Crippen LogP contribution in [0.25, 0.3) is 16.6 Å². The van der Waals surface area contributed by atoms with Gasteiger partial charge in [0, 0.05) is 0 Å². The number of aromatic amines is 1. The highest BCUT2D eigenvalue weighted by molar-refractivity contribution is 6.30. The number of rotatable bonds is 2.